The highest BCUT2D eigenvalue weighted by atomic mass is 32.2. The van der Waals surface area contributed by atoms with Crippen LogP contribution in [0, 0.1) is 13.8 Å². The standard InChI is InChI=1S/C20H27N5O2S2/c1-12-9-10-16(13(2)11-12)22-18(27)23-17(26)14(3)28-20-25-24-19(29-20)21-15-7-5-4-6-8-15/h9-11,14-15H,4-8H2,1-3H3,(H,21,24)(H2,22,23,26,27). The Labute approximate surface area is 179 Å². The van der Waals surface area contributed by atoms with Crippen LogP contribution in [0.3, 0.4) is 0 Å². The number of carbonyl (C=O) groups is 2. The average Bonchev–Trinajstić information content (AvgIpc) is 3.11. The number of amides is 3. The molecule has 2 aromatic rings. The van der Waals surface area contributed by atoms with E-state index in [0.717, 1.165) is 29.1 Å². The summed E-state index contributed by atoms with van der Waals surface area (Å²) in [6, 6.07) is 5.65. The van der Waals surface area contributed by atoms with Crippen molar-refractivity contribution < 1.29 is 9.59 Å². The van der Waals surface area contributed by atoms with Gasteiger partial charge in [0.05, 0.1) is 5.25 Å². The monoisotopic (exact) mass is 433 g/mol. The van der Waals surface area contributed by atoms with Crippen LogP contribution in [0.5, 0.6) is 0 Å². The number of nitrogens with zero attached hydrogens (tertiary/aromatic N) is 2. The molecule has 1 saturated carbocycles. The molecule has 3 amide bonds. The summed E-state index contributed by atoms with van der Waals surface area (Å²) in [5.41, 5.74) is 2.74. The van der Waals surface area contributed by atoms with E-state index in [1.54, 1.807) is 6.92 Å². The van der Waals surface area contributed by atoms with Crippen LogP contribution in [0.4, 0.5) is 15.6 Å². The summed E-state index contributed by atoms with van der Waals surface area (Å²) in [6.07, 6.45) is 6.13. The van der Waals surface area contributed by atoms with E-state index in [9.17, 15) is 9.59 Å². The SMILES string of the molecule is Cc1ccc(NC(=O)NC(=O)C(C)Sc2nnc(NC3CCCCC3)s2)c(C)c1. The Morgan fingerprint density at radius 2 is 1.93 bits per heavy atom. The number of benzene rings is 1. The zero-order valence-corrected chi connectivity index (χ0v) is 18.6. The third-order valence-corrected chi connectivity index (χ3v) is 6.89. The number of anilines is 2. The highest BCUT2D eigenvalue weighted by molar-refractivity contribution is 8.02. The van der Waals surface area contributed by atoms with E-state index in [1.807, 2.05) is 32.0 Å². The molecule has 1 fully saturated rings. The first-order chi connectivity index (χ1) is 13.9. The molecule has 0 bridgehead atoms. The van der Waals surface area contributed by atoms with Crippen LogP contribution in [-0.4, -0.2) is 33.4 Å². The number of imide groups is 1. The molecule has 1 heterocycles. The number of nitrogens with one attached hydrogen (secondary N) is 3. The first-order valence-corrected chi connectivity index (χ1v) is 11.6. The maximum atomic E-state index is 12.4. The van der Waals surface area contributed by atoms with Gasteiger partial charge in [0.25, 0.3) is 0 Å². The fourth-order valence-corrected chi connectivity index (χ4v) is 5.24. The molecule has 0 radical (unpaired) electrons. The van der Waals surface area contributed by atoms with Crippen molar-refractivity contribution in [2.24, 2.45) is 0 Å². The van der Waals surface area contributed by atoms with Crippen LogP contribution in [0.2, 0.25) is 0 Å². The number of aromatic nitrogens is 2. The lowest BCUT2D eigenvalue weighted by Gasteiger charge is -2.21. The van der Waals surface area contributed by atoms with Gasteiger partial charge in [-0.2, -0.15) is 0 Å². The second-order valence-corrected chi connectivity index (χ2v) is 9.94. The van der Waals surface area contributed by atoms with Crippen LogP contribution in [0.25, 0.3) is 0 Å². The molecule has 1 aliphatic rings. The lowest BCUT2D eigenvalue weighted by Crippen LogP contribution is -2.39. The number of rotatable bonds is 6. The summed E-state index contributed by atoms with van der Waals surface area (Å²) in [6.45, 7) is 5.65. The first kappa shape index (κ1) is 21.6. The summed E-state index contributed by atoms with van der Waals surface area (Å²) < 4.78 is 0.709. The Hall–Kier alpha value is -2.13. The summed E-state index contributed by atoms with van der Waals surface area (Å²) >= 11 is 2.75. The lowest BCUT2D eigenvalue weighted by molar-refractivity contribution is -0.119. The highest BCUT2D eigenvalue weighted by Gasteiger charge is 2.20. The normalized spacial score (nSPS) is 15.6. The predicted octanol–water partition coefficient (Wildman–Crippen LogP) is 4.73. The molecule has 1 unspecified atom stereocenters. The van der Waals surface area contributed by atoms with E-state index in [1.165, 1.54) is 42.4 Å². The van der Waals surface area contributed by atoms with Gasteiger partial charge in [0.15, 0.2) is 4.34 Å². The molecule has 3 N–H and O–H groups in total. The number of hydrogen-bond acceptors (Lipinski definition) is 7. The van der Waals surface area contributed by atoms with Crippen LogP contribution in [-0.2, 0) is 4.79 Å². The second kappa shape index (κ2) is 10.1. The quantitative estimate of drug-likeness (QED) is 0.570. The van der Waals surface area contributed by atoms with Gasteiger partial charge in [0, 0.05) is 11.7 Å². The first-order valence-electron chi connectivity index (χ1n) is 9.86. The van der Waals surface area contributed by atoms with Crippen molar-refractivity contribution in [3.8, 4) is 0 Å². The van der Waals surface area contributed by atoms with Crippen molar-refractivity contribution in [3.05, 3.63) is 29.3 Å². The van der Waals surface area contributed by atoms with Crippen LogP contribution in [0.15, 0.2) is 22.5 Å². The average molecular weight is 434 g/mol. The summed E-state index contributed by atoms with van der Waals surface area (Å²) in [7, 11) is 0. The number of carbonyl (C=O) groups excluding carboxylic acids is 2. The van der Waals surface area contributed by atoms with Gasteiger partial charge in [-0.25, -0.2) is 4.79 Å². The molecule has 7 nitrogen and oxygen atoms in total. The van der Waals surface area contributed by atoms with E-state index in [0.29, 0.717) is 16.1 Å². The smallest absolute Gasteiger partial charge is 0.325 e. The summed E-state index contributed by atoms with van der Waals surface area (Å²) in [5, 5.41) is 17.2. The van der Waals surface area contributed by atoms with Crippen molar-refractivity contribution in [1.29, 1.82) is 0 Å². The van der Waals surface area contributed by atoms with E-state index >= 15 is 0 Å². The van der Waals surface area contributed by atoms with Crippen LogP contribution in [0.1, 0.15) is 50.2 Å². The van der Waals surface area contributed by atoms with E-state index in [2.05, 4.69) is 26.1 Å². The second-order valence-electron chi connectivity index (χ2n) is 7.37. The molecular formula is C20H27N5O2S2. The Balaban J connectivity index is 1.48. The van der Waals surface area contributed by atoms with Gasteiger partial charge in [-0.1, -0.05) is 60.1 Å². The number of hydrogen-bond donors (Lipinski definition) is 3. The fourth-order valence-electron chi connectivity index (χ4n) is 3.26. The topological polar surface area (TPSA) is 96.0 Å². The maximum absolute atomic E-state index is 12.4. The van der Waals surface area contributed by atoms with Crippen molar-refractivity contribution >= 4 is 45.9 Å². The van der Waals surface area contributed by atoms with E-state index in [-0.39, 0.29) is 5.91 Å². The third kappa shape index (κ3) is 6.43. The van der Waals surface area contributed by atoms with E-state index in [4.69, 9.17) is 0 Å². The zero-order valence-electron chi connectivity index (χ0n) is 16.9. The van der Waals surface area contributed by atoms with Crippen molar-refractivity contribution in [2.75, 3.05) is 10.6 Å². The van der Waals surface area contributed by atoms with Crippen LogP contribution >= 0.6 is 23.1 Å². The molecule has 29 heavy (non-hydrogen) atoms. The zero-order chi connectivity index (χ0) is 20.8. The highest BCUT2D eigenvalue weighted by Crippen LogP contribution is 2.30. The molecule has 3 rings (SSSR count). The number of thioether (sulfide) groups is 1. The summed E-state index contributed by atoms with van der Waals surface area (Å²) in [5.74, 6) is -0.366. The predicted molar refractivity (Wildman–Crippen MR) is 119 cm³/mol. The van der Waals surface area contributed by atoms with Gasteiger partial charge in [-0.05, 0) is 45.2 Å². The molecule has 1 atom stereocenters. The Bertz CT molecular complexity index is 864. The van der Waals surface area contributed by atoms with Gasteiger partial charge in [-0.15, -0.1) is 10.2 Å². The summed E-state index contributed by atoms with van der Waals surface area (Å²) in [4.78, 5) is 24.5. The molecule has 1 aromatic heterocycles. The van der Waals surface area contributed by atoms with Crippen molar-refractivity contribution in [2.45, 2.75) is 68.5 Å². The Kier molecular flexibility index (Phi) is 7.49. The van der Waals surface area contributed by atoms with Gasteiger partial charge in [0.1, 0.15) is 0 Å². The largest absolute Gasteiger partial charge is 0.357 e. The molecular weight excluding hydrogens is 406 g/mol. The molecule has 0 saturated heterocycles. The van der Waals surface area contributed by atoms with E-state index < -0.39 is 11.3 Å². The molecule has 0 spiro atoms. The molecule has 9 heteroatoms. The maximum Gasteiger partial charge on any atom is 0.325 e. The lowest BCUT2D eigenvalue weighted by atomic mass is 9.96. The van der Waals surface area contributed by atoms with Gasteiger partial charge < -0.3 is 10.6 Å². The Morgan fingerprint density at radius 1 is 1.17 bits per heavy atom. The number of urea groups is 1. The Morgan fingerprint density at radius 3 is 2.66 bits per heavy atom. The van der Waals surface area contributed by atoms with Gasteiger partial charge in [-0.3, -0.25) is 10.1 Å². The fraction of sp³-hybridized carbons (Fsp3) is 0.500. The third-order valence-electron chi connectivity index (χ3n) is 4.85. The van der Waals surface area contributed by atoms with Gasteiger partial charge in [0.2, 0.25) is 11.0 Å². The van der Waals surface area contributed by atoms with Crippen LogP contribution < -0.4 is 16.0 Å². The minimum Gasteiger partial charge on any atom is -0.357 e. The molecule has 156 valence electrons. The minimum atomic E-state index is -0.536. The van der Waals surface area contributed by atoms with Crippen molar-refractivity contribution in [1.82, 2.24) is 15.5 Å². The minimum absolute atomic E-state index is 0.366. The van der Waals surface area contributed by atoms with Gasteiger partial charge >= 0.3 is 6.03 Å². The number of aryl methyl sites for hydroxylation is 2. The molecule has 0 aliphatic heterocycles. The molecule has 1 aromatic carbocycles. The van der Waals surface area contributed by atoms with Crippen molar-refractivity contribution in [3.63, 3.8) is 0 Å². The molecule has 1 aliphatic carbocycles.